The lowest BCUT2D eigenvalue weighted by atomic mass is 10.0. The SMILES string of the molecule is C#CCCCC(Cc1ccccc1Br)NN. The van der Waals surface area contributed by atoms with Crippen molar-refractivity contribution in [3.63, 3.8) is 0 Å². The molecule has 1 rings (SSSR count). The van der Waals surface area contributed by atoms with Gasteiger partial charge in [0.05, 0.1) is 0 Å². The Labute approximate surface area is 106 Å². The summed E-state index contributed by atoms with van der Waals surface area (Å²) in [7, 11) is 0. The molecule has 2 nitrogen and oxygen atoms in total. The fourth-order valence-electron chi connectivity index (χ4n) is 1.62. The van der Waals surface area contributed by atoms with Crippen molar-refractivity contribution in [2.45, 2.75) is 31.7 Å². The monoisotopic (exact) mass is 280 g/mol. The van der Waals surface area contributed by atoms with E-state index in [1.165, 1.54) is 5.56 Å². The van der Waals surface area contributed by atoms with Gasteiger partial charge in [-0.15, -0.1) is 12.3 Å². The van der Waals surface area contributed by atoms with Crippen molar-refractivity contribution < 1.29 is 0 Å². The molecule has 1 atom stereocenters. The molecule has 3 N–H and O–H groups in total. The number of rotatable bonds is 6. The summed E-state index contributed by atoms with van der Waals surface area (Å²) in [6, 6.07) is 8.48. The van der Waals surface area contributed by atoms with E-state index in [0.717, 1.165) is 30.2 Å². The number of terminal acetylenes is 1. The van der Waals surface area contributed by atoms with Gasteiger partial charge in [-0.3, -0.25) is 11.3 Å². The highest BCUT2D eigenvalue weighted by molar-refractivity contribution is 9.10. The Bertz CT molecular complexity index is 357. The fraction of sp³-hybridized carbons (Fsp3) is 0.385. The van der Waals surface area contributed by atoms with Crippen LogP contribution in [0.4, 0.5) is 0 Å². The van der Waals surface area contributed by atoms with Crippen LogP contribution >= 0.6 is 15.9 Å². The lowest BCUT2D eigenvalue weighted by Crippen LogP contribution is -2.36. The first-order valence-electron chi connectivity index (χ1n) is 5.41. The number of nitrogens with two attached hydrogens (primary N) is 1. The highest BCUT2D eigenvalue weighted by atomic mass is 79.9. The normalized spacial score (nSPS) is 12.1. The van der Waals surface area contributed by atoms with Crippen LogP contribution in [0.2, 0.25) is 0 Å². The smallest absolute Gasteiger partial charge is 0.0251 e. The molecule has 0 aliphatic heterocycles. The topological polar surface area (TPSA) is 38.0 Å². The zero-order valence-corrected chi connectivity index (χ0v) is 10.8. The van der Waals surface area contributed by atoms with Crippen molar-refractivity contribution in [1.82, 2.24) is 5.43 Å². The summed E-state index contributed by atoms with van der Waals surface area (Å²) in [6.45, 7) is 0. The van der Waals surface area contributed by atoms with Crippen LogP contribution < -0.4 is 11.3 Å². The maximum Gasteiger partial charge on any atom is 0.0251 e. The van der Waals surface area contributed by atoms with Crippen LogP contribution in [0.1, 0.15) is 24.8 Å². The Kier molecular flexibility index (Phi) is 6.17. The van der Waals surface area contributed by atoms with Gasteiger partial charge in [0.2, 0.25) is 0 Å². The van der Waals surface area contributed by atoms with Gasteiger partial charge in [0.15, 0.2) is 0 Å². The van der Waals surface area contributed by atoms with Crippen LogP contribution in [-0.2, 0) is 6.42 Å². The molecule has 0 spiro atoms. The number of unbranched alkanes of at least 4 members (excludes halogenated alkanes) is 1. The molecule has 0 saturated carbocycles. The highest BCUT2D eigenvalue weighted by Crippen LogP contribution is 2.18. The Morgan fingerprint density at radius 3 is 2.81 bits per heavy atom. The first-order valence-corrected chi connectivity index (χ1v) is 6.20. The van der Waals surface area contributed by atoms with Crippen molar-refractivity contribution in [2.75, 3.05) is 0 Å². The van der Waals surface area contributed by atoms with E-state index in [2.05, 4.69) is 33.3 Å². The summed E-state index contributed by atoms with van der Waals surface area (Å²) in [5.41, 5.74) is 4.12. The second-order valence-electron chi connectivity index (χ2n) is 3.76. The van der Waals surface area contributed by atoms with E-state index in [0.29, 0.717) is 0 Å². The molecular weight excluding hydrogens is 264 g/mol. The number of nitrogens with one attached hydrogen (secondary N) is 1. The van der Waals surface area contributed by atoms with E-state index in [1.54, 1.807) is 0 Å². The van der Waals surface area contributed by atoms with Crippen LogP contribution in [0.25, 0.3) is 0 Å². The fourth-order valence-corrected chi connectivity index (χ4v) is 2.07. The number of hydrogen-bond acceptors (Lipinski definition) is 2. The van der Waals surface area contributed by atoms with Crippen molar-refractivity contribution in [2.24, 2.45) is 5.84 Å². The Morgan fingerprint density at radius 1 is 1.44 bits per heavy atom. The average Bonchev–Trinajstić information content (AvgIpc) is 2.30. The summed E-state index contributed by atoms with van der Waals surface area (Å²) in [5.74, 6) is 8.18. The van der Waals surface area contributed by atoms with Gasteiger partial charge in [0.25, 0.3) is 0 Å². The van der Waals surface area contributed by atoms with Gasteiger partial charge in [-0.05, 0) is 30.9 Å². The van der Waals surface area contributed by atoms with Crippen LogP contribution in [0, 0.1) is 12.3 Å². The molecule has 1 aromatic carbocycles. The van der Waals surface area contributed by atoms with Gasteiger partial charge in [-0.2, -0.15) is 0 Å². The molecule has 1 aromatic rings. The summed E-state index contributed by atoms with van der Waals surface area (Å²) in [6.07, 6.45) is 8.97. The zero-order chi connectivity index (χ0) is 11.8. The van der Waals surface area contributed by atoms with Crippen LogP contribution in [0.5, 0.6) is 0 Å². The van der Waals surface area contributed by atoms with Gasteiger partial charge >= 0.3 is 0 Å². The van der Waals surface area contributed by atoms with Crippen molar-refractivity contribution in [1.29, 1.82) is 0 Å². The molecule has 86 valence electrons. The molecule has 0 heterocycles. The predicted molar refractivity (Wildman–Crippen MR) is 71.6 cm³/mol. The third-order valence-corrected chi connectivity index (χ3v) is 3.31. The molecule has 0 aromatic heterocycles. The summed E-state index contributed by atoms with van der Waals surface area (Å²) in [5, 5.41) is 0. The van der Waals surface area contributed by atoms with E-state index in [9.17, 15) is 0 Å². The minimum Gasteiger partial charge on any atom is -0.271 e. The standard InChI is InChI=1S/C13H17BrN2/c1-2-3-4-8-12(16-15)10-11-7-5-6-9-13(11)14/h1,5-7,9,12,16H,3-4,8,10,15H2. The maximum absolute atomic E-state index is 5.54. The quantitative estimate of drug-likeness (QED) is 0.364. The van der Waals surface area contributed by atoms with Gasteiger partial charge in [0, 0.05) is 16.9 Å². The third-order valence-electron chi connectivity index (χ3n) is 2.53. The summed E-state index contributed by atoms with van der Waals surface area (Å²) in [4.78, 5) is 0. The molecule has 0 bridgehead atoms. The molecule has 0 saturated heterocycles. The Balaban J connectivity index is 2.50. The molecule has 1 unspecified atom stereocenters. The van der Waals surface area contributed by atoms with E-state index in [-0.39, 0.29) is 6.04 Å². The largest absolute Gasteiger partial charge is 0.271 e. The van der Waals surface area contributed by atoms with Gasteiger partial charge in [-0.1, -0.05) is 34.1 Å². The average molecular weight is 281 g/mol. The molecule has 3 heteroatoms. The van der Waals surface area contributed by atoms with Crippen LogP contribution in [0.3, 0.4) is 0 Å². The zero-order valence-electron chi connectivity index (χ0n) is 9.25. The van der Waals surface area contributed by atoms with E-state index < -0.39 is 0 Å². The van der Waals surface area contributed by atoms with E-state index in [1.807, 2.05) is 18.2 Å². The van der Waals surface area contributed by atoms with Gasteiger partial charge in [0.1, 0.15) is 0 Å². The van der Waals surface area contributed by atoms with Crippen molar-refractivity contribution in [3.8, 4) is 12.3 Å². The lowest BCUT2D eigenvalue weighted by molar-refractivity contribution is 0.479. The first-order chi connectivity index (χ1) is 7.77. The number of hydrogen-bond donors (Lipinski definition) is 2. The van der Waals surface area contributed by atoms with E-state index in [4.69, 9.17) is 12.3 Å². The van der Waals surface area contributed by atoms with Crippen LogP contribution in [0.15, 0.2) is 28.7 Å². The number of benzene rings is 1. The predicted octanol–water partition coefficient (Wildman–Crippen LogP) is 2.63. The molecule has 0 fully saturated rings. The molecular formula is C13H17BrN2. The maximum atomic E-state index is 5.54. The number of hydrazine groups is 1. The Hall–Kier alpha value is -0.820. The second-order valence-corrected chi connectivity index (χ2v) is 4.61. The molecule has 0 aliphatic carbocycles. The second kappa shape index (κ2) is 7.45. The summed E-state index contributed by atoms with van der Waals surface area (Å²) < 4.78 is 1.13. The first kappa shape index (κ1) is 13.2. The highest BCUT2D eigenvalue weighted by Gasteiger charge is 2.08. The third kappa shape index (κ3) is 4.36. The van der Waals surface area contributed by atoms with Gasteiger partial charge < -0.3 is 0 Å². The molecule has 0 radical (unpaired) electrons. The van der Waals surface area contributed by atoms with Gasteiger partial charge in [-0.25, -0.2) is 0 Å². The lowest BCUT2D eigenvalue weighted by Gasteiger charge is -2.16. The number of halogens is 1. The van der Waals surface area contributed by atoms with Crippen molar-refractivity contribution >= 4 is 15.9 Å². The molecule has 0 amide bonds. The molecule has 0 aliphatic rings. The minimum atomic E-state index is 0.284. The molecule has 16 heavy (non-hydrogen) atoms. The van der Waals surface area contributed by atoms with Crippen molar-refractivity contribution in [3.05, 3.63) is 34.3 Å². The minimum absolute atomic E-state index is 0.284. The Morgan fingerprint density at radius 2 is 2.19 bits per heavy atom. The van der Waals surface area contributed by atoms with Crippen LogP contribution in [-0.4, -0.2) is 6.04 Å². The van der Waals surface area contributed by atoms with E-state index >= 15 is 0 Å². The summed E-state index contributed by atoms with van der Waals surface area (Å²) >= 11 is 3.53.